The molecule has 0 aliphatic carbocycles. The highest BCUT2D eigenvalue weighted by atomic mass is 16.3. The van der Waals surface area contributed by atoms with Crippen molar-refractivity contribution in [3.63, 3.8) is 0 Å². The minimum Gasteiger partial charge on any atom is -0.508 e. The molecule has 0 atom stereocenters. The van der Waals surface area contributed by atoms with Gasteiger partial charge < -0.3 is 15.9 Å². The molecule has 3 nitrogen and oxygen atoms in total. The number of benzene rings is 3. The van der Waals surface area contributed by atoms with E-state index in [-0.39, 0.29) is 11.5 Å². The first-order chi connectivity index (χ1) is 11.0. The van der Waals surface area contributed by atoms with Crippen LogP contribution in [0.25, 0.3) is 0 Å². The highest BCUT2D eigenvalue weighted by Crippen LogP contribution is 2.40. The summed E-state index contributed by atoms with van der Waals surface area (Å²) in [5.41, 5.74) is 9.35. The van der Waals surface area contributed by atoms with Crippen LogP contribution < -0.4 is 5.73 Å². The summed E-state index contributed by atoms with van der Waals surface area (Å²) < 4.78 is 0. The molecule has 0 bridgehead atoms. The number of phenolic OH excluding ortho intramolecular Hbond substituents is 2. The van der Waals surface area contributed by atoms with Gasteiger partial charge in [0, 0.05) is 11.1 Å². The van der Waals surface area contributed by atoms with Crippen molar-refractivity contribution >= 4 is 5.69 Å². The highest BCUT2D eigenvalue weighted by molar-refractivity contribution is 5.54. The Hall–Kier alpha value is -2.94. The predicted molar refractivity (Wildman–Crippen MR) is 92.6 cm³/mol. The number of anilines is 1. The molecule has 0 saturated carbocycles. The molecule has 0 unspecified atom stereocenters. The molecule has 0 radical (unpaired) electrons. The molecule has 0 aliphatic heterocycles. The Morgan fingerprint density at radius 1 is 0.696 bits per heavy atom. The summed E-state index contributed by atoms with van der Waals surface area (Å²) in [5.74, 6) is 0.462. The van der Waals surface area contributed by atoms with E-state index >= 15 is 0 Å². The van der Waals surface area contributed by atoms with E-state index in [1.807, 2.05) is 48.5 Å². The molecule has 0 fully saturated rings. The fourth-order valence-corrected chi connectivity index (χ4v) is 2.94. The molecule has 0 saturated heterocycles. The van der Waals surface area contributed by atoms with Crippen molar-refractivity contribution in [3.8, 4) is 11.5 Å². The van der Waals surface area contributed by atoms with E-state index in [1.165, 1.54) is 0 Å². The number of hydrogen-bond donors (Lipinski definition) is 3. The van der Waals surface area contributed by atoms with Crippen LogP contribution in [-0.4, -0.2) is 10.2 Å². The Balaban J connectivity index is 2.24. The minimum atomic E-state index is -0.448. The van der Waals surface area contributed by atoms with E-state index in [0.717, 1.165) is 16.7 Å². The van der Waals surface area contributed by atoms with Crippen LogP contribution in [0.2, 0.25) is 0 Å². The summed E-state index contributed by atoms with van der Waals surface area (Å²) in [5, 5.41) is 19.2. The lowest BCUT2D eigenvalue weighted by atomic mass is 9.71. The van der Waals surface area contributed by atoms with Crippen LogP contribution in [-0.2, 0) is 5.41 Å². The molecule has 0 aliphatic rings. The number of nitrogen functional groups attached to an aromatic ring is 1. The van der Waals surface area contributed by atoms with Gasteiger partial charge in [-0.25, -0.2) is 0 Å². The Morgan fingerprint density at radius 2 is 1.17 bits per heavy atom. The average molecular weight is 305 g/mol. The number of nitrogens with two attached hydrogens (primary N) is 1. The molecule has 0 heterocycles. The lowest BCUT2D eigenvalue weighted by Crippen LogP contribution is -2.25. The second kappa shape index (κ2) is 5.69. The first-order valence-electron chi connectivity index (χ1n) is 7.45. The van der Waals surface area contributed by atoms with Crippen molar-refractivity contribution in [2.45, 2.75) is 12.3 Å². The van der Waals surface area contributed by atoms with Crippen molar-refractivity contribution in [2.75, 3.05) is 5.73 Å². The lowest BCUT2D eigenvalue weighted by Gasteiger charge is -2.32. The fourth-order valence-electron chi connectivity index (χ4n) is 2.94. The molecule has 4 N–H and O–H groups in total. The van der Waals surface area contributed by atoms with E-state index in [0.29, 0.717) is 5.69 Å². The van der Waals surface area contributed by atoms with Gasteiger partial charge in [-0.3, -0.25) is 0 Å². The largest absolute Gasteiger partial charge is 0.508 e. The topological polar surface area (TPSA) is 66.5 Å². The Kier molecular flexibility index (Phi) is 3.70. The van der Waals surface area contributed by atoms with E-state index in [2.05, 4.69) is 6.92 Å². The van der Waals surface area contributed by atoms with E-state index in [9.17, 15) is 10.2 Å². The molecular weight excluding hydrogens is 286 g/mol. The zero-order chi connectivity index (χ0) is 16.4. The van der Waals surface area contributed by atoms with Crippen LogP contribution in [0.3, 0.4) is 0 Å². The molecular formula is C20H19NO2. The second-order valence-corrected chi connectivity index (χ2v) is 5.84. The van der Waals surface area contributed by atoms with Crippen LogP contribution in [0.4, 0.5) is 5.69 Å². The molecule has 23 heavy (non-hydrogen) atoms. The van der Waals surface area contributed by atoms with Gasteiger partial charge in [0.15, 0.2) is 0 Å². The summed E-state index contributed by atoms with van der Waals surface area (Å²) >= 11 is 0. The summed E-state index contributed by atoms with van der Waals surface area (Å²) in [4.78, 5) is 0. The van der Waals surface area contributed by atoms with Crippen LogP contribution in [0.5, 0.6) is 11.5 Å². The maximum Gasteiger partial charge on any atom is 0.115 e. The van der Waals surface area contributed by atoms with E-state index < -0.39 is 5.41 Å². The van der Waals surface area contributed by atoms with Gasteiger partial charge in [-0.05, 0) is 60.0 Å². The van der Waals surface area contributed by atoms with Crippen LogP contribution >= 0.6 is 0 Å². The maximum absolute atomic E-state index is 9.59. The monoisotopic (exact) mass is 305 g/mol. The van der Waals surface area contributed by atoms with Gasteiger partial charge in [0.2, 0.25) is 0 Å². The van der Waals surface area contributed by atoms with Gasteiger partial charge >= 0.3 is 0 Å². The third-order valence-corrected chi connectivity index (χ3v) is 4.35. The molecule has 0 amide bonds. The first kappa shape index (κ1) is 15.0. The summed E-state index contributed by atoms with van der Waals surface area (Å²) in [7, 11) is 0. The molecule has 3 heteroatoms. The summed E-state index contributed by atoms with van der Waals surface area (Å²) in [6.45, 7) is 2.11. The van der Waals surface area contributed by atoms with Crippen LogP contribution in [0, 0.1) is 0 Å². The minimum absolute atomic E-state index is 0.231. The average Bonchev–Trinajstić information content (AvgIpc) is 2.55. The summed E-state index contributed by atoms with van der Waals surface area (Å²) in [6.07, 6.45) is 0. The molecule has 3 aromatic carbocycles. The zero-order valence-electron chi connectivity index (χ0n) is 12.9. The molecule has 0 spiro atoms. The maximum atomic E-state index is 9.59. The van der Waals surface area contributed by atoms with Crippen LogP contribution in [0.15, 0.2) is 72.8 Å². The first-order valence-corrected chi connectivity index (χ1v) is 7.45. The number of aromatic hydroxyl groups is 2. The smallest absolute Gasteiger partial charge is 0.115 e. The lowest BCUT2D eigenvalue weighted by molar-refractivity contribution is 0.474. The van der Waals surface area contributed by atoms with Crippen LogP contribution in [0.1, 0.15) is 23.6 Å². The van der Waals surface area contributed by atoms with Gasteiger partial charge in [-0.2, -0.15) is 0 Å². The van der Waals surface area contributed by atoms with E-state index in [1.54, 1.807) is 24.3 Å². The molecule has 3 rings (SSSR count). The normalized spacial score (nSPS) is 11.3. The summed E-state index contributed by atoms with van der Waals surface area (Å²) in [6, 6.07) is 22.1. The third kappa shape index (κ3) is 2.73. The standard InChI is InChI=1S/C20H19NO2/c1-20(14-5-9-18(22)10-6-14,15-7-11-19(23)12-8-15)16-3-2-4-17(21)13-16/h2-13,22-23H,21H2,1H3. The Bertz CT molecular complexity index is 762. The number of phenols is 2. The van der Waals surface area contributed by atoms with Gasteiger partial charge in [-0.15, -0.1) is 0 Å². The Morgan fingerprint density at radius 3 is 1.61 bits per heavy atom. The Labute approximate surface area is 135 Å². The second-order valence-electron chi connectivity index (χ2n) is 5.84. The van der Waals surface area contributed by atoms with Crippen molar-refractivity contribution in [1.82, 2.24) is 0 Å². The van der Waals surface area contributed by atoms with Gasteiger partial charge in [0.1, 0.15) is 11.5 Å². The fraction of sp³-hybridized carbons (Fsp3) is 0.100. The molecule has 3 aromatic rings. The van der Waals surface area contributed by atoms with Gasteiger partial charge in [0.25, 0.3) is 0 Å². The van der Waals surface area contributed by atoms with Crippen molar-refractivity contribution in [2.24, 2.45) is 0 Å². The zero-order valence-corrected chi connectivity index (χ0v) is 12.9. The van der Waals surface area contributed by atoms with Crippen molar-refractivity contribution in [1.29, 1.82) is 0 Å². The molecule has 116 valence electrons. The molecule has 0 aromatic heterocycles. The SMILES string of the molecule is CC(c1ccc(O)cc1)(c1ccc(O)cc1)c1cccc(N)c1. The van der Waals surface area contributed by atoms with Gasteiger partial charge in [0.05, 0.1) is 0 Å². The van der Waals surface area contributed by atoms with Crippen molar-refractivity contribution < 1.29 is 10.2 Å². The highest BCUT2D eigenvalue weighted by Gasteiger charge is 2.31. The van der Waals surface area contributed by atoms with Gasteiger partial charge in [-0.1, -0.05) is 36.4 Å². The van der Waals surface area contributed by atoms with E-state index in [4.69, 9.17) is 5.73 Å². The number of rotatable bonds is 3. The number of hydrogen-bond acceptors (Lipinski definition) is 3. The third-order valence-electron chi connectivity index (χ3n) is 4.35. The quantitative estimate of drug-likeness (QED) is 0.505. The van der Waals surface area contributed by atoms with Crippen molar-refractivity contribution in [3.05, 3.63) is 89.5 Å². The predicted octanol–water partition coefficient (Wildman–Crippen LogP) is 4.03.